The number of anilines is 1. The molecule has 0 aromatic carbocycles. The number of aromatic amines is 1. The van der Waals surface area contributed by atoms with Gasteiger partial charge in [-0.25, -0.2) is 4.98 Å². The number of nitrogens with one attached hydrogen (secondary N) is 2. The van der Waals surface area contributed by atoms with Crippen molar-refractivity contribution in [2.75, 3.05) is 5.32 Å². The molecule has 0 unspecified atom stereocenters. The molecule has 0 saturated carbocycles. The molecule has 3 heterocycles. The zero-order valence-electron chi connectivity index (χ0n) is 14.9. The van der Waals surface area contributed by atoms with E-state index >= 15 is 0 Å². The highest BCUT2D eigenvalue weighted by Gasteiger charge is 2.17. The summed E-state index contributed by atoms with van der Waals surface area (Å²) >= 11 is 4.31. The van der Waals surface area contributed by atoms with Crippen LogP contribution in [0.5, 0.6) is 0 Å². The molecule has 10 heteroatoms. The summed E-state index contributed by atoms with van der Waals surface area (Å²) < 4.78 is 0. The number of rotatable bonds is 6. The van der Waals surface area contributed by atoms with Crippen molar-refractivity contribution in [1.29, 1.82) is 0 Å². The SMILES string of the molecule is CCc1nnc(NC(=O)[C@@H](C)SCc2nc3sc(C)c(C)c3c(=O)[nH]2)s1. The Morgan fingerprint density at radius 2 is 2.08 bits per heavy atom. The standard InChI is InChI=1S/C16H19N5O2S3/c1-5-11-20-21-16(26-11)19-13(22)9(4)24-6-10-17-14(23)12-7(2)8(3)25-15(12)18-10/h9H,5-6H2,1-4H3,(H,17,18,23)(H,19,21,22)/t9-/m1/s1. The lowest BCUT2D eigenvalue weighted by molar-refractivity contribution is -0.115. The van der Waals surface area contributed by atoms with Crippen LogP contribution in [0.1, 0.15) is 35.1 Å². The molecule has 26 heavy (non-hydrogen) atoms. The van der Waals surface area contributed by atoms with Crippen molar-refractivity contribution in [3.8, 4) is 0 Å². The molecule has 3 rings (SSSR count). The largest absolute Gasteiger partial charge is 0.309 e. The third-order valence-corrected chi connectivity index (χ3v) is 7.17. The summed E-state index contributed by atoms with van der Waals surface area (Å²) in [5.74, 6) is 0.893. The average Bonchev–Trinajstić information content (AvgIpc) is 3.17. The minimum Gasteiger partial charge on any atom is -0.309 e. The quantitative estimate of drug-likeness (QED) is 0.648. The van der Waals surface area contributed by atoms with Crippen LogP contribution in [0.2, 0.25) is 0 Å². The van der Waals surface area contributed by atoms with E-state index < -0.39 is 0 Å². The predicted octanol–water partition coefficient (Wildman–Crippen LogP) is 3.28. The highest BCUT2D eigenvalue weighted by molar-refractivity contribution is 7.99. The second-order valence-electron chi connectivity index (χ2n) is 5.77. The van der Waals surface area contributed by atoms with Crippen LogP contribution in [0.15, 0.2) is 4.79 Å². The molecule has 0 fully saturated rings. The molecule has 0 aliphatic heterocycles. The van der Waals surface area contributed by atoms with Gasteiger partial charge in [0.2, 0.25) is 11.0 Å². The second-order valence-corrected chi connectivity index (χ2v) is 9.37. The smallest absolute Gasteiger partial charge is 0.259 e. The Labute approximate surface area is 162 Å². The maximum absolute atomic E-state index is 12.3. The van der Waals surface area contributed by atoms with E-state index in [4.69, 9.17) is 0 Å². The van der Waals surface area contributed by atoms with Gasteiger partial charge >= 0.3 is 0 Å². The van der Waals surface area contributed by atoms with Crippen LogP contribution in [0.25, 0.3) is 10.2 Å². The fourth-order valence-corrected chi connectivity index (χ4v) is 4.79. The minimum atomic E-state index is -0.309. The van der Waals surface area contributed by atoms with Crippen molar-refractivity contribution in [2.24, 2.45) is 0 Å². The topological polar surface area (TPSA) is 101 Å². The van der Waals surface area contributed by atoms with Gasteiger partial charge in [0.25, 0.3) is 5.56 Å². The molecule has 0 aliphatic carbocycles. The molecule has 138 valence electrons. The van der Waals surface area contributed by atoms with Crippen molar-refractivity contribution in [3.63, 3.8) is 0 Å². The van der Waals surface area contributed by atoms with E-state index in [0.29, 0.717) is 22.1 Å². The Balaban J connectivity index is 1.65. The van der Waals surface area contributed by atoms with Crippen LogP contribution in [0.4, 0.5) is 5.13 Å². The molecule has 0 aliphatic rings. The second kappa shape index (κ2) is 7.85. The normalized spacial score (nSPS) is 12.5. The predicted molar refractivity (Wildman–Crippen MR) is 108 cm³/mol. The fourth-order valence-electron chi connectivity index (χ4n) is 2.30. The first-order valence-corrected chi connectivity index (χ1v) is 10.8. The number of fused-ring (bicyclic) bond motifs is 1. The molecular formula is C16H19N5O2S3. The Bertz CT molecular complexity index is 1010. The van der Waals surface area contributed by atoms with Crippen LogP contribution >= 0.6 is 34.4 Å². The number of thiophene rings is 1. The van der Waals surface area contributed by atoms with Gasteiger partial charge in [0.15, 0.2) is 0 Å². The van der Waals surface area contributed by atoms with E-state index in [2.05, 4.69) is 25.5 Å². The number of aromatic nitrogens is 4. The summed E-state index contributed by atoms with van der Waals surface area (Å²) in [5.41, 5.74) is 0.861. The minimum absolute atomic E-state index is 0.120. The molecule has 0 radical (unpaired) electrons. The first-order valence-electron chi connectivity index (χ1n) is 8.12. The van der Waals surface area contributed by atoms with Gasteiger partial charge in [-0.2, -0.15) is 0 Å². The maximum Gasteiger partial charge on any atom is 0.259 e. The van der Waals surface area contributed by atoms with E-state index in [1.807, 2.05) is 27.7 Å². The number of thioether (sulfide) groups is 1. The van der Waals surface area contributed by atoms with Crippen LogP contribution < -0.4 is 10.9 Å². The van der Waals surface area contributed by atoms with Crippen molar-refractivity contribution in [2.45, 2.75) is 45.1 Å². The van der Waals surface area contributed by atoms with E-state index in [-0.39, 0.29) is 16.7 Å². The molecule has 3 aromatic rings. The monoisotopic (exact) mass is 409 g/mol. The number of hydrogen-bond acceptors (Lipinski definition) is 8. The van der Waals surface area contributed by atoms with Crippen LogP contribution in [-0.2, 0) is 17.0 Å². The highest BCUT2D eigenvalue weighted by Crippen LogP contribution is 2.26. The number of carbonyl (C=O) groups excluding carboxylic acids is 1. The van der Waals surface area contributed by atoms with Gasteiger partial charge in [0.1, 0.15) is 15.7 Å². The van der Waals surface area contributed by atoms with Gasteiger partial charge < -0.3 is 4.98 Å². The van der Waals surface area contributed by atoms with Gasteiger partial charge in [-0.1, -0.05) is 18.3 Å². The van der Waals surface area contributed by atoms with Crippen LogP contribution in [0.3, 0.4) is 0 Å². The molecule has 1 amide bonds. The molecule has 2 N–H and O–H groups in total. The summed E-state index contributed by atoms with van der Waals surface area (Å²) in [6.07, 6.45) is 0.793. The Morgan fingerprint density at radius 1 is 1.31 bits per heavy atom. The molecular weight excluding hydrogens is 390 g/mol. The van der Waals surface area contributed by atoms with Crippen LogP contribution in [-0.4, -0.2) is 31.3 Å². The lowest BCUT2D eigenvalue weighted by Crippen LogP contribution is -2.23. The Morgan fingerprint density at radius 3 is 2.77 bits per heavy atom. The zero-order chi connectivity index (χ0) is 18.8. The third kappa shape index (κ3) is 3.97. The van der Waals surface area contributed by atoms with Crippen molar-refractivity contribution in [3.05, 3.63) is 31.6 Å². The lowest BCUT2D eigenvalue weighted by atomic mass is 10.2. The van der Waals surface area contributed by atoms with Crippen molar-refractivity contribution in [1.82, 2.24) is 20.2 Å². The first-order chi connectivity index (χ1) is 12.4. The van der Waals surface area contributed by atoms with Gasteiger partial charge in [-0.3, -0.25) is 14.9 Å². The van der Waals surface area contributed by atoms with E-state index in [9.17, 15) is 9.59 Å². The van der Waals surface area contributed by atoms with Gasteiger partial charge in [0.05, 0.1) is 16.4 Å². The summed E-state index contributed by atoms with van der Waals surface area (Å²) in [7, 11) is 0. The van der Waals surface area contributed by atoms with Crippen LogP contribution in [0, 0.1) is 13.8 Å². The third-order valence-electron chi connectivity index (χ3n) is 3.93. The first kappa shape index (κ1) is 19.0. The molecule has 0 spiro atoms. The van der Waals surface area contributed by atoms with Gasteiger partial charge in [-0.05, 0) is 32.8 Å². The zero-order valence-corrected chi connectivity index (χ0v) is 17.3. The summed E-state index contributed by atoms with van der Waals surface area (Å²) in [6, 6.07) is 0. The maximum atomic E-state index is 12.3. The van der Waals surface area contributed by atoms with E-state index in [1.165, 1.54) is 34.4 Å². The Hall–Kier alpha value is -1.78. The van der Waals surface area contributed by atoms with Gasteiger partial charge in [-0.15, -0.1) is 33.3 Å². The summed E-state index contributed by atoms with van der Waals surface area (Å²) in [6.45, 7) is 7.73. The number of nitrogens with zero attached hydrogens (tertiary/aromatic N) is 3. The van der Waals surface area contributed by atoms with E-state index in [0.717, 1.165) is 26.7 Å². The lowest BCUT2D eigenvalue weighted by Gasteiger charge is -2.09. The summed E-state index contributed by atoms with van der Waals surface area (Å²) in [5, 5.41) is 12.5. The Kier molecular flexibility index (Phi) is 5.73. The van der Waals surface area contributed by atoms with Crippen molar-refractivity contribution >= 4 is 55.7 Å². The van der Waals surface area contributed by atoms with Crippen molar-refractivity contribution < 1.29 is 4.79 Å². The highest BCUT2D eigenvalue weighted by atomic mass is 32.2. The number of aryl methyl sites for hydroxylation is 3. The molecule has 1 atom stereocenters. The number of H-pyrrole nitrogens is 1. The number of hydrogen-bond donors (Lipinski definition) is 2. The molecule has 0 bridgehead atoms. The average molecular weight is 410 g/mol. The fraction of sp³-hybridized carbons (Fsp3) is 0.438. The molecule has 3 aromatic heterocycles. The summed E-state index contributed by atoms with van der Waals surface area (Å²) in [4.78, 5) is 33.8. The van der Waals surface area contributed by atoms with Gasteiger partial charge in [0, 0.05) is 4.88 Å². The molecule has 7 nitrogen and oxygen atoms in total. The molecule has 0 saturated heterocycles. The van der Waals surface area contributed by atoms with E-state index in [1.54, 1.807) is 0 Å². The number of amides is 1. The number of carbonyl (C=O) groups is 1.